The Hall–Kier alpha value is -3.94. The van der Waals surface area contributed by atoms with E-state index >= 15 is 0 Å². The topological polar surface area (TPSA) is 125 Å². The molecule has 34 heavy (non-hydrogen) atoms. The summed E-state index contributed by atoms with van der Waals surface area (Å²) in [7, 11) is 1.85. The first kappa shape index (κ1) is 21.9. The van der Waals surface area contributed by atoms with Crippen molar-refractivity contribution in [3.63, 3.8) is 0 Å². The second-order valence-electron chi connectivity index (χ2n) is 8.56. The smallest absolute Gasteiger partial charge is 0.223 e. The van der Waals surface area contributed by atoms with E-state index in [4.69, 9.17) is 0 Å². The van der Waals surface area contributed by atoms with E-state index in [1.54, 1.807) is 11.3 Å². The summed E-state index contributed by atoms with van der Waals surface area (Å²) in [6, 6.07) is 10.1. The van der Waals surface area contributed by atoms with Crippen molar-refractivity contribution in [2.75, 3.05) is 30.4 Å². The fraction of sp³-hybridized carbons (Fsp3) is 0.333. The number of piperidine rings is 1. The van der Waals surface area contributed by atoms with Gasteiger partial charge in [-0.15, -0.1) is 10.2 Å². The Labute approximate surface area is 198 Å². The molecule has 1 unspecified atom stereocenters. The summed E-state index contributed by atoms with van der Waals surface area (Å²) in [5.41, 5.74) is 10.1. The van der Waals surface area contributed by atoms with Crippen LogP contribution in [0.2, 0.25) is 0 Å². The summed E-state index contributed by atoms with van der Waals surface area (Å²) < 4.78 is 0. The number of aliphatic hydroxyl groups is 1. The molecule has 0 saturated carbocycles. The van der Waals surface area contributed by atoms with E-state index in [-0.39, 0.29) is 12.1 Å². The number of hydrogen-bond donors (Lipinski definition) is 4. The van der Waals surface area contributed by atoms with Crippen molar-refractivity contribution < 1.29 is 5.11 Å². The third-order valence-corrected chi connectivity index (χ3v) is 6.15. The monoisotopic (exact) mass is 457 g/mol. The fourth-order valence-electron chi connectivity index (χ4n) is 4.29. The zero-order valence-electron chi connectivity index (χ0n) is 18.9. The molecule has 0 bridgehead atoms. The Morgan fingerprint density at radius 3 is 2.79 bits per heavy atom. The lowest BCUT2D eigenvalue weighted by atomic mass is 10.0. The fourth-order valence-corrected chi connectivity index (χ4v) is 4.29. The molecule has 1 fully saturated rings. The molecular formula is C24H27N9O. The van der Waals surface area contributed by atoms with E-state index in [1.807, 2.05) is 37.4 Å². The van der Waals surface area contributed by atoms with Crippen LogP contribution in [0.5, 0.6) is 0 Å². The number of benzene rings is 1. The number of aromatic nitrogens is 2. The molecule has 1 aromatic heterocycles. The average molecular weight is 458 g/mol. The van der Waals surface area contributed by atoms with Crippen molar-refractivity contribution >= 4 is 17.5 Å². The number of nitrogens with zero attached hydrogens (tertiary/aromatic N) is 6. The molecule has 3 aliphatic rings. The standard InChI is InChI=1S/C24H27N9O/c1-32-30-23(29-31-32)16-2-5-19(6-3-16)27-24-26-11-8-21(28-24)17-4-7-22(18(14-17)15-25)33-12-9-20(34)10-13-33/h2-5,7-8,11,14,19-20,31,34H,6,9-10,12-13H2,1H3,(H,29,30)(H,26,27,28). The van der Waals surface area contributed by atoms with Gasteiger partial charge >= 0.3 is 0 Å². The minimum Gasteiger partial charge on any atom is -0.393 e. The number of hydrogen-bond acceptors (Lipinski definition) is 10. The second kappa shape index (κ2) is 9.51. The highest BCUT2D eigenvalue weighted by Crippen LogP contribution is 2.29. The van der Waals surface area contributed by atoms with Crippen LogP contribution in [0.15, 0.2) is 59.4 Å². The van der Waals surface area contributed by atoms with Crippen LogP contribution in [0.25, 0.3) is 11.3 Å². The Kier molecular flexibility index (Phi) is 6.12. The average Bonchev–Trinajstić information content (AvgIpc) is 3.31. The van der Waals surface area contributed by atoms with E-state index in [1.165, 1.54) is 0 Å². The zero-order chi connectivity index (χ0) is 23.5. The van der Waals surface area contributed by atoms with Crippen LogP contribution in [0.4, 0.5) is 11.6 Å². The molecule has 1 atom stereocenters. The number of hydrazine groups is 2. The molecule has 174 valence electrons. The van der Waals surface area contributed by atoms with E-state index in [2.05, 4.69) is 54.5 Å². The van der Waals surface area contributed by atoms with Gasteiger partial charge in [-0.25, -0.2) is 15.5 Å². The number of nitrogens with one attached hydrogen (secondary N) is 3. The molecular weight excluding hydrogens is 430 g/mol. The second-order valence-corrected chi connectivity index (χ2v) is 8.56. The number of aliphatic hydroxyl groups excluding tert-OH is 1. The lowest BCUT2D eigenvalue weighted by Crippen LogP contribution is -2.38. The van der Waals surface area contributed by atoms with Crippen LogP contribution >= 0.6 is 0 Å². The maximum Gasteiger partial charge on any atom is 0.223 e. The van der Waals surface area contributed by atoms with Crippen molar-refractivity contribution in [1.82, 2.24) is 26.0 Å². The summed E-state index contributed by atoms with van der Waals surface area (Å²) in [5.74, 6) is 1.32. The molecule has 0 amide bonds. The van der Waals surface area contributed by atoms with Crippen LogP contribution < -0.4 is 21.2 Å². The molecule has 2 aliphatic heterocycles. The highest BCUT2D eigenvalue weighted by atomic mass is 16.3. The first-order valence-corrected chi connectivity index (χ1v) is 11.4. The minimum absolute atomic E-state index is 0.0678. The molecule has 4 N–H and O–H groups in total. The Morgan fingerprint density at radius 1 is 1.24 bits per heavy atom. The summed E-state index contributed by atoms with van der Waals surface area (Å²) >= 11 is 0. The predicted octanol–water partition coefficient (Wildman–Crippen LogP) is 1.91. The maximum absolute atomic E-state index is 9.78. The van der Waals surface area contributed by atoms with Crippen molar-refractivity contribution in [1.29, 1.82) is 5.26 Å². The molecule has 3 heterocycles. The van der Waals surface area contributed by atoms with Crippen LogP contribution in [-0.2, 0) is 0 Å². The van der Waals surface area contributed by atoms with Gasteiger partial charge in [-0.3, -0.25) is 5.43 Å². The first-order chi connectivity index (χ1) is 16.6. The molecule has 0 spiro atoms. The summed E-state index contributed by atoms with van der Waals surface area (Å²) in [5, 5.41) is 28.8. The molecule has 1 aliphatic carbocycles. The summed E-state index contributed by atoms with van der Waals surface area (Å²) in [6.07, 6.45) is 9.91. The van der Waals surface area contributed by atoms with Crippen LogP contribution in [0.3, 0.4) is 0 Å². The van der Waals surface area contributed by atoms with Crippen molar-refractivity contribution in [2.45, 2.75) is 31.4 Å². The molecule has 10 heteroatoms. The lowest BCUT2D eigenvalue weighted by molar-refractivity contribution is 0.145. The first-order valence-electron chi connectivity index (χ1n) is 11.4. The summed E-state index contributed by atoms with van der Waals surface area (Å²) in [6.45, 7) is 1.50. The zero-order valence-corrected chi connectivity index (χ0v) is 18.9. The van der Waals surface area contributed by atoms with Crippen molar-refractivity contribution in [2.24, 2.45) is 5.10 Å². The number of hydrazone groups is 1. The summed E-state index contributed by atoms with van der Waals surface area (Å²) in [4.78, 5) is 11.2. The Morgan fingerprint density at radius 2 is 2.09 bits per heavy atom. The third kappa shape index (κ3) is 4.71. The molecule has 1 saturated heterocycles. The quantitative estimate of drug-likeness (QED) is 0.533. The number of rotatable bonds is 5. The van der Waals surface area contributed by atoms with Crippen LogP contribution in [-0.4, -0.2) is 58.3 Å². The number of anilines is 2. The molecule has 0 radical (unpaired) electrons. The van der Waals surface area contributed by atoms with E-state index in [0.717, 1.165) is 60.7 Å². The molecule has 10 nitrogen and oxygen atoms in total. The van der Waals surface area contributed by atoms with Gasteiger partial charge < -0.3 is 15.3 Å². The molecule has 1 aromatic carbocycles. The van der Waals surface area contributed by atoms with Crippen LogP contribution in [0, 0.1) is 11.3 Å². The number of amidine groups is 1. The molecule has 5 rings (SSSR count). The van der Waals surface area contributed by atoms with Gasteiger partial charge in [0, 0.05) is 37.5 Å². The van der Waals surface area contributed by atoms with Crippen molar-refractivity contribution in [3.8, 4) is 17.3 Å². The lowest BCUT2D eigenvalue weighted by Gasteiger charge is -2.32. The van der Waals surface area contributed by atoms with Crippen molar-refractivity contribution in [3.05, 3.63) is 59.8 Å². The van der Waals surface area contributed by atoms with Gasteiger partial charge in [0.2, 0.25) is 5.95 Å². The van der Waals surface area contributed by atoms with Gasteiger partial charge in [0.05, 0.1) is 29.1 Å². The van der Waals surface area contributed by atoms with Gasteiger partial charge in [0.25, 0.3) is 0 Å². The van der Waals surface area contributed by atoms with Gasteiger partial charge in [-0.05, 0) is 37.5 Å². The van der Waals surface area contributed by atoms with Crippen LogP contribution in [0.1, 0.15) is 24.8 Å². The Balaban J connectivity index is 1.28. The van der Waals surface area contributed by atoms with Gasteiger partial charge in [-0.2, -0.15) is 5.26 Å². The largest absolute Gasteiger partial charge is 0.393 e. The minimum atomic E-state index is -0.249. The predicted molar refractivity (Wildman–Crippen MR) is 130 cm³/mol. The van der Waals surface area contributed by atoms with E-state index in [9.17, 15) is 10.4 Å². The van der Waals surface area contributed by atoms with Gasteiger partial charge in [-0.1, -0.05) is 24.3 Å². The highest BCUT2D eigenvalue weighted by Gasteiger charge is 2.20. The van der Waals surface area contributed by atoms with Gasteiger partial charge in [0.15, 0.2) is 5.84 Å². The normalized spacial score (nSPS) is 20.7. The maximum atomic E-state index is 9.78. The highest BCUT2D eigenvalue weighted by molar-refractivity contribution is 6.01. The van der Waals surface area contributed by atoms with E-state index in [0.29, 0.717) is 11.5 Å². The Bertz CT molecular complexity index is 1190. The van der Waals surface area contributed by atoms with E-state index < -0.39 is 0 Å². The third-order valence-electron chi connectivity index (χ3n) is 6.15. The molecule has 2 aromatic rings. The number of nitriles is 1. The van der Waals surface area contributed by atoms with Gasteiger partial charge in [0.1, 0.15) is 6.07 Å². The SMILES string of the molecule is CN1NN=C(C2=CCC(Nc3nccc(-c4ccc(N5CCC(O)CC5)c(C#N)c4)n3)C=C2)N1.